The minimum atomic E-state index is -4.39. The molecule has 0 aliphatic rings. The molecule has 0 spiro atoms. The van der Waals surface area contributed by atoms with E-state index in [1.54, 1.807) is 0 Å². The molecule has 1 nitrogen and oxygen atoms in total. The maximum atomic E-state index is 12.4. The van der Waals surface area contributed by atoms with Gasteiger partial charge in [0.25, 0.3) is 0 Å². The summed E-state index contributed by atoms with van der Waals surface area (Å²) in [6.07, 6.45) is -4.58. The van der Waals surface area contributed by atoms with Crippen LogP contribution in [0.5, 0.6) is 0 Å². The molecule has 0 amide bonds. The van der Waals surface area contributed by atoms with Crippen LogP contribution < -0.4 is 0 Å². The van der Waals surface area contributed by atoms with E-state index in [0.717, 1.165) is 6.07 Å². The Labute approximate surface area is 89.9 Å². The summed E-state index contributed by atoms with van der Waals surface area (Å²) in [6.45, 7) is 1.33. The highest BCUT2D eigenvalue weighted by Gasteiger charge is 2.32. The second kappa shape index (κ2) is 4.23. The van der Waals surface area contributed by atoms with Crippen LogP contribution in [0, 0.1) is 6.92 Å². The van der Waals surface area contributed by atoms with Crippen molar-refractivity contribution in [3.05, 3.63) is 34.9 Å². The maximum Gasteiger partial charge on any atom is 0.416 e. The van der Waals surface area contributed by atoms with Gasteiger partial charge in [0.2, 0.25) is 5.24 Å². The predicted molar refractivity (Wildman–Crippen MR) is 50.7 cm³/mol. The van der Waals surface area contributed by atoms with Gasteiger partial charge in [-0.25, -0.2) is 0 Å². The number of rotatable bonds is 2. The number of carbonyl (C=O) groups excluding carboxylic acids is 1. The lowest BCUT2D eigenvalue weighted by Crippen LogP contribution is -2.09. The lowest BCUT2D eigenvalue weighted by atomic mass is 10.0. The van der Waals surface area contributed by atoms with E-state index in [9.17, 15) is 18.0 Å². The van der Waals surface area contributed by atoms with Crippen molar-refractivity contribution < 1.29 is 18.0 Å². The van der Waals surface area contributed by atoms with Gasteiger partial charge in [0.05, 0.1) is 5.56 Å². The normalized spacial score (nSPS) is 11.5. The van der Waals surface area contributed by atoms with Gasteiger partial charge in [-0.15, -0.1) is 0 Å². The first-order valence-electron chi connectivity index (χ1n) is 4.16. The van der Waals surface area contributed by atoms with Crippen molar-refractivity contribution in [2.75, 3.05) is 0 Å². The average molecular weight is 237 g/mol. The van der Waals surface area contributed by atoms with Crippen molar-refractivity contribution in [3.8, 4) is 0 Å². The smallest absolute Gasteiger partial charge is 0.281 e. The van der Waals surface area contributed by atoms with Gasteiger partial charge in [-0.1, -0.05) is 12.1 Å². The molecule has 0 saturated heterocycles. The molecule has 0 heterocycles. The molecule has 0 saturated carbocycles. The summed E-state index contributed by atoms with van der Waals surface area (Å²) in [5, 5.41) is -0.669. The maximum absolute atomic E-state index is 12.4. The van der Waals surface area contributed by atoms with Crippen LogP contribution in [0.3, 0.4) is 0 Å². The minimum Gasteiger partial charge on any atom is -0.281 e. The van der Waals surface area contributed by atoms with Crippen LogP contribution in [0.1, 0.15) is 16.7 Å². The van der Waals surface area contributed by atoms with Crippen molar-refractivity contribution in [3.63, 3.8) is 0 Å². The summed E-state index contributed by atoms with van der Waals surface area (Å²) in [7, 11) is 0. The molecule has 1 aromatic carbocycles. The monoisotopic (exact) mass is 236 g/mol. The van der Waals surface area contributed by atoms with E-state index < -0.39 is 17.0 Å². The van der Waals surface area contributed by atoms with Gasteiger partial charge < -0.3 is 0 Å². The fraction of sp³-hybridized carbons (Fsp3) is 0.300. The van der Waals surface area contributed by atoms with Crippen molar-refractivity contribution in [2.24, 2.45) is 0 Å². The summed E-state index contributed by atoms with van der Waals surface area (Å²) in [5.41, 5.74) is -0.359. The largest absolute Gasteiger partial charge is 0.416 e. The van der Waals surface area contributed by atoms with Crippen LogP contribution in [0.15, 0.2) is 18.2 Å². The molecule has 0 radical (unpaired) electrons. The van der Waals surface area contributed by atoms with E-state index in [-0.39, 0.29) is 12.0 Å². The first kappa shape index (κ1) is 12.0. The number of hydrogen-bond acceptors (Lipinski definition) is 1. The molecular weight excluding hydrogens is 229 g/mol. The second-order valence-electron chi connectivity index (χ2n) is 3.12. The van der Waals surface area contributed by atoms with Crippen LogP contribution >= 0.6 is 11.6 Å². The first-order chi connectivity index (χ1) is 6.82. The van der Waals surface area contributed by atoms with Gasteiger partial charge in [0.1, 0.15) is 0 Å². The standard InChI is InChI=1S/C10H8ClF3O/c1-6-7(5-9(11)15)3-2-4-8(6)10(12,13)14/h2-4H,5H2,1H3. The Kier molecular flexibility index (Phi) is 3.39. The van der Waals surface area contributed by atoms with Crippen LogP contribution in [-0.4, -0.2) is 5.24 Å². The first-order valence-corrected chi connectivity index (χ1v) is 4.54. The van der Waals surface area contributed by atoms with E-state index >= 15 is 0 Å². The van der Waals surface area contributed by atoms with E-state index in [1.807, 2.05) is 0 Å². The second-order valence-corrected chi connectivity index (χ2v) is 3.54. The highest BCUT2D eigenvalue weighted by atomic mass is 35.5. The van der Waals surface area contributed by atoms with Gasteiger partial charge in [-0.3, -0.25) is 4.79 Å². The van der Waals surface area contributed by atoms with Gasteiger partial charge in [-0.2, -0.15) is 13.2 Å². The van der Waals surface area contributed by atoms with Crippen LogP contribution in [0.25, 0.3) is 0 Å². The molecule has 0 aromatic heterocycles. The molecule has 0 unspecified atom stereocenters. The zero-order chi connectivity index (χ0) is 11.6. The molecule has 0 bridgehead atoms. The Hall–Kier alpha value is -1.03. The van der Waals surface area contributed by atoms with Crippen molar-refractivity contribution >= 4 is 16.8 Å². The summed E-state index contributed by atoms with van der Waals surface area (Å²) in [5.74, 6) is 0. The average Bonchev–Trinajstić information content (AvgIpc) is 2.05. The number of halogens is 4. The van der Waals surface area contributed by atoms with Gasteiger partial charge in [0, 0.05) is 6.42 Å². The van der Waals surface area contributed by atoms with Gasteiger partial charge >= 0.3 is 6.18 Å². The predicted octanol–water partition coefficient (Wildman–Crippen LogP) is 3.32. The molecule has 5 heteroatoms. The van der Waals surface area contributed by atoms with Gasteiger partial charge in [-0.05, 0) is 35.7 Å². The van der Waals surface area contributed by atoms with Crippen molar-refractivity contribution in [1.29, 1.82) is 0 Å². The molecule has 82 valence electrons. The highest BCUT2D eigenvalue weighted by Crippen LogP contribution is 2.33. The Bertz CT molecular complexity index is 385. The lowest BCUT2D eigenvalue weighted by molar-refractivity contribution is -0.138. The zero-order valence-corrected chi connectivity index (χ0v) is 8.62. The molecular formula is C10H8ClF3O. The minimum absolute atomic E-state index is 0.0546. The quantitative estimate of drug-likeness (QED) is 0.720. The zero-order valence-electron chi connectivity index (χ0n) is 7.86. The lowest BCUT2D eigenvalue weighted by Gasteiger charge is -2.12. The topological polar surface area (TPSA) is 17.1 Å². The molecule has 0 fully saturated rings. The third-order valence-electron chi connectivity index (χ3n) is 2.08. The van der Waals surface area contributed by atoms with Crippen molar-refractivity contribution in [1.82, 2.24) is 0 Å². The Morgan fingerprint density at radius 3 is 2.47 bits per heavy atom. The van der Waals surface area contributed by atoms with E-state index in [0.29, 0.717) is 5.56 Å². The molecule has 1 rings (SSSR count). The fourth-order valence-corrected chi connectivity index (χ4v) is 1.48. The van der Waals surface area contributed by atoms with Crippen molar-refractivity contribution in [2.45, 2.75) is 19.5 Å². The molecule has 0 atom stereocenters. The van der Waals surface area contributed by atoms with Crippen LogP contribution in [0.4, 0.5) is 13.2 Å². The van der Waals surface area contributed by atoms with E-state index in [1.165, 1.54) is 19.1 Å². The Balaban J connectivity index is 3.17. The number of benzene rings is 1. The summed E-state index contributed by atoms with van der Waals surface area (Å²) >= 11 is 5.13. The van der Waals surface area contributed by atoms with E-state index in [4.69, 9.17) is 11.6 Å². The van der Waals surface area contributed by atoms with Crippen LogP contribution in [0.2, 0.25) is 0 Å². The van der Waals surface area contributed by atoms with Gasteiger partial charge in [0.15, 0.2) is 0 Å². The third-order valence-corrected chi connectivity index (χ3v) is 2.21. The summed E-state index contributed by atoms with van der Waals surface area (Å²) in [4.78, 5) is 10.6. The summed E-state index contributed by atoms with van der Waals surface area (Å²) in [6, 6.07) is 3.72. The van der Waals surface area contributed by atoms with Crippen LogP contribution in [-0.2, 0) is 17.4 Å². The number of carbonyl (C=O) groups is 1. The molecule has 0 aliphatic heterocycles. The molecule has 1 aromatic rings. The third kappa shape index (κ3) is 2.96. The number of alkyl halides is 3. The SMILES string of the molecule is Cc1c(CC(=O)Cl)cccc1C(F)(F)F. The molecule has 15 heavy (non-hydrogen) atoms. The number of hydrogen-bond donors (Lipinski definition) is 0. The Morgan fingerprint density at radius 2 is 2.00 bits per heavy atom. The highest BCUT2D eigenvalue weighted by molar-refractivity contribution is 6.63. The molecule has 0 aliphatic carbocycles. The fourth-order valence-electron chi connectivity index (χ4n) is 1.33. The van der Waals surface area contributed by atoms with E-state index in [2.05, 4.69) is 0 Å². The Morgan fingerprint density at radius 1 is 1.40 bits per heavy atom. The molecule has 0 N–H and O–H groups in total. The summed E-state index contributed by atoms with van der Waals surface area (Å²) < 4.78 is 37.3.